The van der Waals surface area contributed by atoms with Crippen LogP contribution >= 0.6 is 22.9 Å². The first-order chi connectivity index (χ1) is 11.8. The number of nitrogens with one attached hydrogen (secondary N) is 1. The molecule has 1 N–H and O–H groups in total. The van der Waals surface area contributed by atoms with Gasteiger partial charge < -0.3 is 5.32 Å². The SMILES string of the molecule is O=C(NC1CCCCC1)c1cc(-c2ccc(Cl)cc2)c(C(F)(F)F)s1. The fourth-order valence-electron chi connectivity index (χ4n) is 3.06. The third-order valence-electron chi connectivity index (χ3n) is 4.31. The minimum absolute atomic E-state index is 0.0166. The van der Waals surface area contributed by atoms with Crippen LogP contribution in [0.15, 0.2) is 30.3 Å². The molecule has 0 atom stereocenters. The molecule has 0 spiro atoms. The van der Waals surface area contributed by atoms with E-state index in [2.05, 4.69) is 5.32 Å². The highest BCUT2D eigenvalue weighted by molar-refractivity contribution is 7.14. The van der Waals surface area contributed by atoms with Gasteiger partial charge in [-0.25, -0.2) is 0 Å². The van der Waals surface area contributed by atoms with Gasteiger partial charge in [0.05, 0.1) is 4.88 Å². The number of rotatable bonds is 3. The van der Waals surface area contributed by atoms with Crippen LogP contribution < -0.4 is 5.32 Å². The predicted octanol–water partition coefficient (Wildman–Crippen LogP) is 6.15. The highest BCUT2D eigenvalue weighted by Gasteiger charge is 2.37. The first-order valence-electron chi connectivity index (χ1n) is 8.12. The number of carbonyl (C=O) groups excluding carboxylic acids is 1. The van der Waals surface area contributed by atoms with E-state index in [0.29, 0.717) is 21.9 Å². The summed E-state index contributed by atoms with van der Waals surface area (Å²) >= 11 is 6.30. The monoisotopic (exact) mass is 387 g/mol. The second-order valence-electron chi connectivity index (χ2n) is 6.17. The van der Waals surface area contributed by atoms with Crippen molar-refractivity contribution in [3.8, 4) is 11.1 Å². The van der Waals surface area contributed by atoms with Crippen molar-refractivity contribution in [3.05, 3.63) is 45.1 Å². The summed E-state index contributed by atoms with van der Waals surface area (Å²) in [6.07, 6.45) is 0.478. The number of carbonyl (C=O) groups is 1. The summed E-state index contributed by atoms with van der Waals surface area (Å²) in [6.45, 7) is 0. The molecule has 134 valence electrons. The Hall–Kier alpha value is -1.53. The summed E-state index contributed by atoms with van der Waals surface area (Å²) in [4.78, 5) is 11.7. The van der Waals surface area contributed by atoms with E-state index in [4.69, 9.17) is 11.6 Å². The summed E-state index contributed by atoms with van der Waals surface area (Å²) in [5.74, 6) is -0.428. The highest BCUT2D eigenvalue weighted by Crippen LogP contribution is 2.43. The minimum Gasteiger partial charge on any atom is -0.349 e. The van der Waals surface area contributed by atoms with E-state index < -0.39 is 17.0 Å². The molecule has 1 saturated carbocycles. The Kier molecular flexibility index (Phi) is 5.39. The summed E-state index contributed by atoms with van der Waals surface area (Å²) in [5.41, 5.74) is 0.410. The number of thiophene rings is 1. The van der Waals surface area contributed by atoms with Crippen molar-refractivity contribution < 1.29 is 18.0 Å². The molecular weight excluding hydrogens is 371 g/mol. The van der Waals surface area contributed by atoms with Gasteiger partial charge in [0, 0.05) is 16.6 Å². The maximum absolute atomic E-state index is 13.4. The van der Waals surface area contributed by atoms with Crippen LogP contribution in [0.4, 0.5) is 13.2 Å². The minimum atomic E-state index is -4.51. The van der Waals surface area contributed by atoms with E-state index >= 15 is 0 Å². The molecule has 0 bridgehead atoms. The fraction of sp³-hybridized carbons (Fsp3) is 0.389. The molecule has 0 unspecified atom stereocenters. The molecule has 0 radical (unpaired) electrons. The number of halogens is 4. The van der Waals surface area contributed by atoms with Gasteiger partial charge in [0.25, 0.3) is 5.91 Å². The van der Waals surface area contributed by atoms with Crippen molar-refractivity contribution in [2.75, 3.05) is 0 Å². The first-order valence-corrected chi connectivity index (χ1v) is 9.32. The van der Waals surface area contributed by atoms with Crippen LogP contribution in [0, 0.1) is 0 Å². The van der Waals surface area contributed by atoms with E-state index in [0.717, 1.165) is 32.1 Å². The van der Waals surface area contributed by atoms with E-state index in [-0.39, 0.29) is 16.5 Å². The van der Waals surface area contributed by atoms with Crippen LogP contribution in [-0.4, -0.2) is 11.9 Å². The molecule has 1 aromatic carbocycles. The predicted molar refractivity (Wildman–Crippen MR) is 94.1 cm³/mol. The third-order valence-corrected chi connectivity index (χ3v) is 5.74. The molecule has 2 aromatic rings. The molecule has 25 heavy (non-hydrogen) atoms. The number of benzene rings is 1. The van der Waals surface area contributed by atoms with Crippen LogP contribution in [0.3, 0.4) is 0 Å². The van der Waals surface area contributed by atoms with Crippen LogP contribution in [0.2, 0.25) is 5.02 Å². The normalized spacial score (nSPS) is 16.0. The average molecular weight is 388 g/mol. The average Bonchev–Trinajstić information content (AvgIpc) is 3.02. The summed E-state index contributed by atoms with van der Waals surface area (Å²) in [5, 5.41) is 3.32. The Labute approximate surface area is 153 Å². The maximum Gasteiger partial charge on any atom is 0.426 e. The molecule has 0 saturated heterocycles. The lowest BCUT2D eigenvalue weighted by Gasteiger charge is -2.22. The Morgan fingerprint density at radius 1 is 1.12 bits per heavy atom. The summed E-state index contributed by atoms with van der Waals surface area (Å²) < 4.78 is 40.2. The van der Waals surface area contributed by atoms with Gasteiger partial charge in [0.15, 0.2) is 0 Å². The second kappa shape index (κ2) is 7.38. The van der Waals surface area contributed by atoms with Crippen LogP contribution in [0.25, 0.3) is 11.1 Å². The Morgan fingerprint density at radius 2 is 1.76 bits per heavy atom. The standard InChI is InChI=1S/C18H17ClF3NOS/c19-12-8-6-11(7-9-12)14-10-15(25-16(14)18(20,21)22)17(24)23-13-4-2-1-3-5-13/h6-10,13H,1-5H2,(H,23,24). The Morgan fingerprint density at radius 3 is 2.36 bits per heavy atom. The molecular formula is C18H17ClF3NOS. The van der Waals surface area contributed by atoms with Crippen molar-refractivity contribution in [1.29, 1.82) is 0 Å². The summed E-state index contributed by atoms with van der Waals surface area (Å²) in [6, 6.07) is 7.52. The molecule has 7 heteroatoms. The van der Waals surface area contributed by atoms with Crippen LogP contribution in [-0.2, 0) is 6.18 Å². The van der Waals surface area contributed by atoms with Gasteiger partial charge in [-0.15, -0.1) is 11.3 Å². The third kappa shape index (κ3) is 4.36. The van der Waals surface area contributed by atoms with Gasteiger partial charge in [0.2, 0.25) is 0 Å². The lowest BCUT2D eigenvalue weighted by molar-refractivity contribution is -0.133. The number of hydrogen-bond acceptors (Lipinski definition) is 2. The van der Waals surface area contributed by atoms with Crippen molar-refractivity contribution >= 4 is 28.8 Å². The number of alkyl halides is 3. The first kappa shape index (κ1) is 18.3. The molecule has 1 heterocycles. The zero-order chi connectivity index (χ0) is 18.0. The van der Waals surface area contributed by atoms with Crippen LogP contribution in [0.5, 0.6) is 0 Å². The van der Waals surface area contributed by atoms with E-state index in [1.165, 1.54) is 30.3 Å². The number of hydrogen-bond donors (Lipinski definition) is 1. The quantitative estimate of drug-likeness (QED) is 0.672. The highest BCUT2D eigenvalue weighted by atomic mass is 35.5. The van der Waals surface area contributed by atoms with Crippen molar-refractivity contribution in [2.24, 2.45) is 0 Å². The number of amides is 1. The zero-order valence-electron chi connectivity index (χ0n) is 13.3. The largest absolute Gasteiger partial charge is 0.426 e. The molecule has 2 nitrogen and oxygen atoms in total. The van der Waals surface area contributed by atoms with Crippen molar-refractivity contribution in [3.63, 3.8) is 0 Å². The molecule has 3 rings (SSSR count). The van der Waals surface area contributed by atoms with Gasteiger partial charge in [-0.3, -0.25) is 4.79 Å². The molecule has 1 amide bonds. The zero-order valence-corrected chi connectivity index (χ0v) is 14.9. The van der Waals surface area contributed by atoms with Gasteiger partial charge in [0.1, 0.15) is 4.88 Å². The molecule has 1 aliphatic carbocycles. The Bertz CT molecular complexity index is 749. The fourth-order valence-corrected chi connectivity index (χ4v) is 4.14. The van der Waals surface area contributed by atoms with E-state index in [1.807, 2.05) is 0 Å². The van der Waals surface area contributed by atoms with Gasteiger partial charge in [-0.1, -0.05) is 43.0 Å². The molecule has 0 aliphatic heterocycles. The smallest absolute Gasteiger partial charge is 0.349 e. The topological polar surface area (TPSA) is 29.1 Å². The lowest BCUT2D eigenvalue weighted by Crippen LogP contribution is -2.35. The van der Waals surface area contributed by atoms with E-state index in [1.54, 1.807) is 0 Å². The van der Waals surface area contributed by atoms with E-state index in [9.17, 15) is 18.0 Å². The van der Waals surface area contributed by atoms with Gasteiger partial charge in [-0.05, 0) is 36.6 Å². The molecule has 1 fully saturated rings. The van der Waals surface area contributed by atoms with Crippen molar-refractivity contribution in [2.45, 2.75) is 44.3 Å². The molecule has 1 aromatic heterocycles. The lowest BCUT2D eigenvalue weighted by atomic mass is 9.95. The van der Waals surface area contributed by atoms with Gasteiger partial charge >= 0.3 is 6.18 Å². The van der Waals surface area contributed by atoms with Gasteiger partial charge in [-0.2, -0.15) is 13.2 Å². The van der Waals surface area contributed by atoms with Crippen LogP contribution in [0.1, 0.15) is 46.7 Å². The van der Waals surface area contributed by atoms with Crippen molar-refractivity contribution in [1.82, 2.24) is 5.32 Å². The maximum atomic E-state index is 13.4. The Balaban J connectivity index is 1.90. The summed E-state index contributed by atoms with van der Waals surface area (Å²) in [7, 11) is 0. The second-order valence-corrected chi connectivity index (χ2v) is 7.66. The molecule has 1 aliphatic rings.